The van der Waals surface area contributed by atoms with Crippen LogP contribution < -0.4 is 0 Å². The molecule has 0 radical (unpaired) electrons. The van der Waals surface area contributed by atoms with E-state index in [1.165, 1.54) is 7.11 Å². The van der Waals surface area contributed by atoms with Crippen LogP contribution >= 0.6 is 17.8 Å². The molecule has 0 unspecified atom stereocenters. The van der Waals surface area contributed by atoms with E-state index in [9.17, 15) is 0 Å². The molecule has 1 nitrogen and oxygen atoms in total. The number of rotatable bonds is 1. The van der Waals surface area contributed by atoms with Gasteiger partial charge in [-0.05, 0) is 0 Å². The third kappa shape index (κ3) is 5.34. The fourth-order valence-corrected chi connectivity index (χ4v) is 0. The van der Waals surface area contributed by atoms with Crippen LogP contribution in [0.2, 0.25) is 4.94 Å². The van der Waals surface area contributed by atoms with E-state index in [-0.39, 0.29) is 0 Å². The SMILES string of the molecule is C[O][Sn]([CH3])([Cl])[Cl]. The van der Waals surface area contributed by atoms with E-state index < -0.39 is 16.5 Å². The maximum atomic E-state index is 5.47. The molecule has 0 aliphatic rings. The van der Waals surface area contributed by atoms with E-state index in [4.69, 9.17) is 17.8 Å². The summed E-state index contributed by atoms with van der Waals surface area (Å²) in [5.74, 6) is 0. The van der Waals surface area contributed by atoms with Gasteiger partial charge in [0.1, 0.15) is 0 Å². The first kappa shape index (κ1) is 7.34. The van der Waals surface area contributed by atoms with Crippen LogP contribution in [0.1, 0.15) is 0 Å². The second-order valence-corrected chi connectivity index (χ2v) is 17.8. The molecule has 0 aliphatic heterocycles. The molecular formula is C2H6Cl2OSn. The van der Waals surface area contributed by atoms with Crippen molar-refractivity contribution in [1.82, 2.24) is 0 Å². The van der Waals surface area contributed by atoms with Gasteiger partial charge < -0.3 is 0 Å². The van der Waals surface area contributed by atoms with Gasteiger partial charge in [-0.15, -0.1) is 0 Å². The van der Waals surface area contributed by atoms with E-state index in [1.54, 1.807) is 4.94 Å². The van der Waals surface area contributed by atoms with Crippen LogP contribution in [0.4, 0.5) is 0 Å². The first-order chi connectivity index (χ1) is 2.56. The molecular weight excluding hydrogens is 230 g/mol. The molecule has 0 saturated carbocycles. The van der Waals surface area contributed by atoms with Crippen molar-refractivity contribution in [3.05, 3.63) is 0 Å². The Morgan fingerprint density at radius 3 is 1.67 bits per heavy atom. The molecule has 38 valence electrons. The summed E-state index contributed by atoms with van der Waals surface area (Å²) in [6.45, 7) is 0. The summed E-state index contributed by atoms with van der Waals surface area (Å²) in [5, 5.41) is 0. The van der Waals surface area contributed by atoms with Gasteiger partial charge in [0, 0.05) is 0 Å². The van der Waals surface area contributed by atoms with Gasteiger partial charge in [0.2, 0.25) is 0 Å². The summed E-state index contributed by atoms with van der Waals surface area (Å²) in [6, 6.07) is 0. The molecule has 0 spiro atoms. The van der Waals surface area contributed by atoms with Crippen molar-refractivity contribution in [3.8, 4) is 0 Å². The van der Waals surface area contributed by atoms with Gasteiger partial charge in [-0.25, -0.2) is 0 Å². The molecule has 0 heterocycles. The predicted molar refractivity (Wildman–Crippen MR) is 30.3 cm³/mol. The number of halogens is 2. The van der Waals surface area contributed by atoms with Crippen molar-refractivity contribution in [2.75, 3.05) is 7.11 Å². The van der Waals surface area contributed by atoms with E-state index in [0.717, 1.165) is 0 Å². The fourth-order valence-electron chi connectivity index (χ4n) is 0. The van der Waals surface area contributed by atoms with E-state index >= 15 is 0 Å². The van der Waals surface area contributed by atoms with Gasteiger partial charge in [-0.3, -0.25) is 0 Å². The van der Waals surface area contributed by atoms with Crippen LogP contribution in [0.5, 0.6) is 0 Å². The Morgan fingerprint density at radius 2 is 1.67 bits per heavy atom. The third-order valence-electron chi connectivity index (χ3n) is 0.358. The van der Waals surface area contributed by atoms with Crippen LogP contribution in [0.25, 0.3) is 0 Å². The molecule has 0 atom stereocenters. The quantitative estimate of drug-likeness (QED) is 0.629. The van der Waals surface area contributed by atoms with Gasteiger partial charge in [0.15, 0.2) is 0 Å². The predicted octanol–water partition coefficient (Wildman–Crippen LogP) is 1.68. The summed E-state index contributed by atoms with van der Waals surface area (Å²) in [7, 11) is 12.5. The molecule has 6 heavy (non-hydrogen) atoms. The first-order valence-corrected chi connectivity index (χ1v) is 12.7. The Hall–Kier alpha value is 1.34. The monoisotopic (exact) mass is 236 g/mol. The average Bonchev–Trinajstić information content (AvgIpc) is 1.35. The summed E-state index contributed by atoms with van der Waals surface area (Å²) < 4.78 is 4.68. The zero-order valence-corrected chi connectivity index (χ0v) is 8.03. The Morgan fingerprint density at radius 1 is 1.50 bits per heavy atom. The second kappa shape index (κ2) is 2.60. The van der Waals surface area contributed by atoms with Crippen molar-refractivity contribution in [1.29, 1.82) is 0 Å². The molecule has 0 aromatic heterocycles. The Bertz CT molecular complexity index is 41.3. The average molecular weight is 236 g/mol. The van der Waals surface area contributed by atoms with Crippen LogP contribution in [-0.4, -0.2) is 23.6 Å². The van der Waals surface area contributed by atoms with Gasteiger partial charge in [-0.2, -0.15) is 0 Å². The summed E-state index contributed by atoms with van der Waals surface area (Å²) in [6.07, 6.45) is 0. The molecule has 0 aromatic carbocycles. The Kier molecular flexibility index (Phi) is 3.18. The van der Waals surface area contributed by atoms with E-state index in [2.05, 4.69) is 3.07 Å². The van der Waals surface area contributed by atoms with Crippen molar-refractivity contribution < 1.29 is 3.07 Å². The molecule has 4 heteroatoms. The van der Waals surface area contributed by atoms with E-state index in [0.29, 0.717) is 0 Å². The maximum absolute atomic E-state index is 5.47. The van der Waals surface area contributed by atoms with E-state index in [1.807, 2.05) is 0 Å². The summed E-state index contributed by atoms with van der Waals surface area (Å²) in [5.41, 5.74) is 0. The van der Waals surface area contributed by atoms with Crippen LogP contribution in [0.15, 0.2) is 0 Å². The minimum absolute atomic E-state index is 1.54. The molecule has 0 bridgehead atoms. The number of hydrogen-bond acceptors (Lipinski definition) is 1. The summed E-state index contributed by atoms with van der Waals surface area (Å²) >= 11 is -2.79. The molecule has 0 aliphatic carbocycles. The fraction of sp³-hybridized carbons (Fsp3) is 1.00. The Balaban J connectivity index is 3.17. The Labute approximate surface area is 49.4 Å². The second-order valence-electron chi connectivity index (χ2n) is 1.01. The molecule has 0 N–H and O–H groups in total. The molecule has 0 saturated heterocycles. The third-order valence-corrected chi connectivity index (χ3v) is 4.47. The molecule has 0 fully saturated rings. The molecule has 0 amide bonds. The minimum atomic E-state index is -2.79. The van der Waals surface area contributed by atoms with Crippen molar-refractivity contribution >= 4 is 34.4 Å². The molecule has 0 aromatic rings. The van der Waals surface area contributed by atoms with Crippen LogP contribution in [-0.2, 0) is 3.07 Å². The van der Waals surface area contributed by atoms with Crippen LogP contribution in [0, 0.1) is 0 Å². The van der Waals surface area contributed by atoms with Crippen molar-refractivity contribution in [2.24, 2.45) is 0 Å². The first-order valence-electron chi connectivity index (χ1n) is 1.49. The standard InChI is InChI=1S/CH3O.CH3.2ClH.Sn/c1-2;;;;/h1H3;1H3;2*1H;/q-1;;;;+3/p-2. The van der Waals surface area contributed by atoms with Crippen molar-refractivity contribution in [3.63, 3.8) is 0 Å². The molecule has 0 rings (SSSR count). The number of hydrogen-bond donors (Lipinski definition) is 0. The van der Waals surface area contributed by atoms with Gasteiger partial charge in [-0.1, -0.05) is 0 Å². The normalized spacial score (nSPS) is 12.0. The zero-order valence-electron chi connectivity index (χ0n) is 3.66. The topological polar surface area (TPSA) is 9.23 Å². The van der Waals surface area contributed by atoms with Crippen LogP contribution in [0.3, 0.4) is 0 Å². The zero-order chi connectivity index (χ0) is 5.21. The van der Waals surface area contributed by atoms with Crippen molar-refractivity contribution in [2.45, 2.75) is 4.94 Å². The summed E-state index contributed by atoms with van der Waals surface area (Å²) in [4.78, 5) is 1.76. The van der Waals surface area contributed by atoms with Gasteiger partial charge in [0.05, 0.1) is 0 Å². The van der Waals surface area contributed by atoms with Gasteiger partial charge in [0.25, 0.3) is 0 Å². The van der Waals surface area contributed by atoms with Gasteiger partial charge >= 0.3 is 49.5 Å².